The third-order valence-corrected chi connectivity index (χ3v) is 5.15. The van der Waals surface area contributed by atoms with E-state index in [9.17, 15) is 9.59 Å². The molecule has 0 saturated carbocycles. The highest BCUT2D eigenvalue weighted by molar-refractivity contribution is 7.13. The van der Waals surface area contributed by atoms with Crippen molar-refractivity contribution in [3.8, 4) is 5.75 Å². The number of nitrogens with two attached hydrogens (primary N) is 1. The first kappa shape index (κ1) is 19.9. The van der Waals surface area contributed by atoms with E-state index in [4.69, 9.17) is 26.8 Å². The Morgan fingerprint density at radius 1 is 1.14 bits per heavy atom. The number of aromatic nitrogens is 1. The largest absolute Gasteiger partial charge is 0.486 e. The Morgan fingerprint density at radius 2 is 1.82 bits per heavy atom. The number of nitrogens with zero attached hydrogens (tertiary/aromatic N) is 1. The van der Waals surface area contributed by atoms with E-state index in [-0.39, 0.29) is 6.61 Å². The Bertz CT molecular complexity index is 974. The van der Waals surface area contributed by atoms with Crippen molar-refractivity contribution in [3.63, 3.8) is 0 Å². The molecule has 0 aliphatic rings. The fourth-order valence-corrected chi connectivity index (χ4v) is 3.44. The Balaban J connectivity index is 1.70. The number of esters is 1. The number of carbonyl (C=O) groups is 2. The minimum absolute atomic E-state index is 0.193. The molecule has 0 saturated heterocycles. The van der Waals surface area contributed by atoms with Gasteiger partial charge in [-0.25, -0.2) is 9.78 Å². The summed E-state index contributed by atoms with van der Waals surface area (Å²) >= 11 is 7.00. The SMILES string of the molecule is Cc1nc(COc2ccc(Cl)cc2)sc1C(=O)O[C@@H](C(N)=O)c1ccccc1. The topological polar surface area (TPSA) is 91.5 Å². The van der Waals surface area contributed by atoms with E-state index in [0.29, 0.717) is 31.9 Å². The van der Waals surface area contributed by atoms with Crippen LogP contribution in [0.5, 0.6) is 5.75 Å². The lowest BCUT2D eigenvalue weighted by molar-refractivity contribution is -0.127. The molecule has 1 atom stereocenters. The summed E-state index contributed by atoms with van der Waals surface area (Å²) in [5.41, 5.74) is 6.42. The zero-order valence-corrected chi connectivity index (χ0v) is 16.5. The van der Waals surface area contributed by atoms with Gasteiger partial charge >= 0.3 is 5.97 Å². The second-order valence-electron chi connectivity index (χ2n) is 5.86. The van der Waals surface area contributed by atoms with Crippen molar-refractivity contribution in [1.29, 1.82) is 0 Å². The van der Waals surface area contributed by atoms with E-state index in [1.165, 1.54) is 0 Å². The zero-order valence-electron chi connectivity index (χ0n) is 14.9. The first-order valence-corrected chi connectivity index (χ1v) is 9.53. The number of ether oxygens (including phenoxy) is 2. The average Bonchev–Trinajstić information content (AvgIpc) is 3.06. The van der Waals surface area contributed by atoms with Crippen LogP contribution in [0.3, 0.4) is 0 Å². The van der Waals surface area contributed by atoms with Gasteiger partial charge in [0.15, 0.2) is 0 Å². The summed E-state index contributed by atoms with van der Waals surface area (Å²) in [7, 11) is 0. The number of hydrogen-bond acceptors (Lipinski definition) is 6. The van der Waals surface area contributed by atoms with E-state index in [0.717, 1.165) is 11.3 Å². The number of thiazole rings is 1. The minimum Gasteiger partial charge on any atom is -0.486 e. The normalized spacial score (nSPS) is 11.6. The van der Waals surface area contributed by atoms with E-state index in [2.05, 4.69) is 4.98 Å². The number of aryl methyl sites for hydroxylation is 1. The van der Waals surface area contributed by atoms with Crippen LogP contribution < -0.4 is 10.5 Å². The second kappa shape index (κ2) is 8.86. The van der Waals surface area contributed by atoms with Gasteiger partial charge < -0.3 is 15.2 Å². The van der Waals surface area contributed by atoms with Crippen LogP contribution in [0.2, 0.25) is 5.02 Å². The van der Waals surface area contributed by atoms with Crippen molar-refractivity contribution in [2.75, 3.05) is 0 Å². The average molecular weight is 417 g/mol. The Hall–Kier alpha value is -2.90. The van der Waals surface area contributed by atoms with Gasteiger partial charge in [0.05, 0.1) is 5.69 Å². The number of halogens is 1. The second-order valence-corrected chi connectivity index (χ2v) is 7.38. The molecule has 0 bridgehead atoms. The van der Waals surface area contributed by atoms with Crippen molar-refractivity contribution in [3.05, 3.63) is 80.8 Å². The van der Waals surface area contributed by atoms with Gasteiger partial charge in [0.2, 0.25) is 6.10 Å². The number of rotatable bonds is 7. The Kier molecular flexibility index (Phi) is 6.28. The summed E-state index contributed by atoms with van der Waals surface area (Å²) < 4.78 is 11.0. The molecule has 2 aromatic carbocycles. The van der Waals surface area contributed by atoms with Crippen molar-refractivity contribution < 1.29 is 19.1 Å². The predicted octanol–water partition coefficient (Wildman–Crippen LogP) is 4.07. The summed E-state index contributed by atoms with van der Waals surface area (Å²) in [6, 6.07) is 15.6. The predicted molar refractivity (Wildman–Crippen MR) is 106 cm³/mol. The molecule has 6 nitrogen and oxygen atoms in total. The summed E-state index contributed by atoms with van der Waals surface area (Å²) in [6.45, 7) is 1.89. The van der Waals surface area contributed by atoms with Crippen LogP contribution in [0.25, 0.3) is 0 Å². The molecule has 0 radical (unpaired) electrons. The summed E-state index contributed by atoms with van der Waals surface area (Å²) in [5.74, 6) is -0.757. The number of carbonyl (C=O) groups excluding carboxylic acids is 2. The maximum absolute atomic E-state index is 12.6. The molecule has 0 spiro atoms. The summed E-state index contributed by atoms with van der Waals surface area (Å²) in [4.78, 5) is 28.9. The molecular formula is C20H17ClN2O4S. The van der Waals surface area contributed by atoms with Gasteiger partial charge in [0, 0.05) is 10.6 Å². The Labute approximate surface area is 170 Å². The molecule has 0 aliphatic heterocycles. The summed E-state index contributed by atoms with van der Waals surface area (Å²) in [6.07, 6.45) is -1.16. The van der Waals surface area contributed by atoms with E-state index in [1.54, 1.807) is 61.5 Å². The van der Waals surface area contributed by atoms with Crippen LogP contribution in [0.4, 0.5) is 0 Å². The summed E-state index contributed by atoms with van der Waals surface area (Å²) in [5, 5.41) is 1.22. The monoisotopic (exact) mass is 416 g/mol. The van der Waals surface area contributed by atoms with Gasteiger partial charge in [-0.1, -0.05) is 41.9 Å². The van der Waals surface area contributed by atoms with Crippen molar-refractivity contribution in [2.24, 2.45) is 5.73 Å². The maximum Gasteiger partial charge on any atom is 0.351 e. The smallest absolute Gasteiger partial charge is 0.351 e. The van der Waals surface area contributed by atoms with E-state index >= 15 is 0 Å². The van der Waals surface area contributed by atoms with Gasteiger partial charge in [-0.15, -0.1) is 11.3 Å². The van der Waals surface area contributed by atoms with Gasteiger partial charge in [-0.05, 0) is 31.2 Å². The molecule has 28 heavy (non-hydrogen) atoms. The van der Waals surface area contributed by atoms with Crippen LogP contribution in [-0.2, 0) is 16.1 Å². The number of hydrogen-bond donors (Lipinski definition) is 1. The van der Waals surface area contributed by atoms with Gasteiger partial charge in [0.1, 0.15) is 22.2 Å². The molecule has 3 aromatic rings. The highest BCUT2D eigenvalue weighted by Crippen LogP contribution is 2.25. The highest BCUT2D eigenvalue weighted by atomic mass is 35.5. The lowest BCUT2D eigenvalue weighted by atomic mass is 10.1. The molecule has 1 aromatic heterocycles. The molecule has 3 rings (SSSR count). The van der Waals surface area contributed by atoms with Crippen molar-refractivity contribution >= 4 is 34.8 Å². The third kappa shape index (κ3) is 4.88. The van der Waals surface area contributed by atoms with Crippen LogP contribution in [0.1, 0.15) is 32.0 Å². The number of primary amides is 1. The lowest BCUT2D eigenvalue weighted by Crippen LogP contribution is -2.26. The van der Waals surface area contributed by atoms with Crippen molar-refractivity contribution in [1.82, 2.24) is 4.98 Å². The third-order valence-electron chi connectivity index (χ3n) is 3.79. The van der Waals surface area contributed by atoms with Crippen LogP contribution >= 0.6 is 22.9 Å². The fourth-order valence-electron chi connectivity index (χ4n) is 2.46. The quantitative estimate of drug-likeness (QED) is 0.586. The van der Waals surface area contributed by atoms with Crippen LogP contribution in [-0.4, -0.2) is 16.9 Å². The van der Waals surface area contributed by atoms with Crippen LogP contribution in [0.15, 0.2) is 54.6 Å². The molecule has 8 heteroatoms. The van der Waals surface area contributed by atoms with Gasteiger partial charge in [-0.2, -0.15) is 0 Å². The molecule has 0 aliphatic carbocycles. The van der Waals surface area contributed by atoms with Crippen LogP contribution in [0, 0.1) is 6.92 Å². The molecule has 2 N–H and O–H groups in total. The standard InChI is InChI=1S/C20H17ClN2O4S/c1-12-18(20(25)27-17(19(22)24)13-5-3-2-4-6-13)28-16(23-12)11-26-15-9-7-14(21)8-10-15/h2-10,17H,11H2,1H3,(H2,22,24)/t17-/m1/s1. The molecule has 1 heterocycles. The van der Waals surface area contributed by atoms with Gasteiger partial charge in [0.25, 0.3) is 5.91 Å². The molecule has 0 unspecified atom stereocenters. The van der Waals surface area contributed by atoms with Crippen molar-refractivity contribution in [2.45, 2.75) is 19.6 Å². The highest BCUT2D eigenvalue weighted by Gasteiger charge is 2.26. The molecule has 1 amide bonds. The maximum atomic E-state index is 12.6. The van der Waals surface area contributed by atoms with Gasteiger partial charge in [-0.3, -0.25) is 4.79 Å². The molecular weight excluding hydrogens is 400 g/mol. The fraction of sp³-hybridized carbons (Fsp3) is 0.150. The number of benzene rings is 2. The van der Waals surface area contributed by atoms with E-state index in [1.807, 2.05) is 0 Å². The molecule has 144 valence electrons. The minimum atomic E-state index is -1.16. The lowest BCUT2D eigenvalue weighted by Gasteiger charge is -2.14. The Morgan fingerprint density at radius 3 is 2.46 bits per heavy atom. The van der Waals surface area contributed by atoms with E-state index < -0.39 is 18.0 Å². The number of amides is 1. The first-order valence-electron chi connectivity index (χ1n) is 8.34. The molecule has 0 fully saturated rings. The zero-order chi connectivity index (χ0) is 20.1. The first-order chi connectivity index (χ1) is 13.4.